The fourth-order valence-corrected chi connectivity index (χ4v) is 5.51. The van der Waals surface area contributed by atoms with Crippen LogP contribution in [0.5, 0.6) is 0 Å². The minimum atomic E-state index is -3.55. The predicted octanol–water partition coefficient (Wildman–Crippen LogP) is 4.85. The number of aryl methyl sites for hydroxylation is 1. The SMILES string of the molecule is CCc1ccc2nc(N(Cc3ccco3)C(=O)CCS(=O)(=O)c3ccccc3)sc2c1. The van der Waals surface area contributed by atoms with Crippen LogP contribution in [0.3, 0.4) is 0 Å². The number of benzene rings is 2. The van der Waals surface area contributed by atoms with Crippen LogP contribution in [-0.2, 0) is 27.6 Å². The molecule has 0 saturated carbocycles. The van der Waals surface area contributed by atoms with Crippen LogP contribution in [0.1, 0.15) is 24.7 Å². The van der Waals surface area contributed by atoms with E-state index < -0.39 is 9.84 Å². The summed E-state index contributed by atoms with van der Waals surface area (Å²) >= 11 is 1.42. The van der Waals surface area contributed by atoms with Gasteiger partial charge in [0.05, 0.1) is 33.7 Å². The van der Waals surface area contributed by atoms with Crippen LogP contribution in [0.4, 0.5) is 5.13 Å². The highest BCUT2D eigenvalue weighted by atomic mass is 32.2. The summed E-state index contributed by atoms with van der Waals surface area (Å²) in [5.41, 5.74) is 2.01. The van der Waals surface area contributed by atoms with Gasteiger partial charge in [-0.25, -0.2) is 13.4 Å². The maximum Gasteiger partial charge on any atom is 0.230 e. The van der Waals surface area contributed by atoms with Crippen molar-refractivity contribution in [2.24, 2.45) is 0 Å². The molecule has 4 rings (SSSR count). The third kappa shape index (κ3) is 4.86. The summed E-state index contributed by atoms with van der Waals surface area (Å²) in [4.78, 5) is 19.5. The lowest BCUT2D eigenvalue weighted by molar-refractivity contribution is -0.118. The second-order valence-corrected chi connectivity index (χ2v) is 10.2. The molecule has 2 aromatic heterocycles. The molecule has 0 aliphatic heterocycles. The molecule has 0 radical (unpaired) electrons. The van der Waals surface area contributed by atoms with Gasteiger partial charge in [-0.1, -0.05) is 42.5 Å². The molecule has 8 heteroatoms. The maximum atomic E-state index is 13.1. The van der Waals surface area contributed by atoms with Crippen LogP contribution in [0.25, 0.3) is 10.2 Å². The summed E-state index contributed by atoms with van der Waals surface area (Å²) in [6.45, 7) is 2.28. The van der Waals surface area contributed by atoms with Gasteiger partial charge >= 0.3 is 0 Å². The number of hydrogen-bond donors (Lipinski definition) is 0. The summed E-state index contributed by atoms with van der Waals surface area (Å²) in [6, 6.07) is 17.8. The van der Waals surface area contributed by atoms with Gasteiger partial charge in [-0.3, -0.25) is 9.69 Å². The summed E-state index contributed by atoms with van der Waals surface area (Å²) in [6.07, 6.45) is 2.31. The number of carbonyl (C=O) groups is 1. The molecule has 0 aliphatic rings. The van der Waals surface area contributed by atoms with Crippen molar-refractivity contribution in [1.29, 1.82) is 0 Å². The van der Waals surface area contributed by atoms with E-state index in [1.165, 1.54) is 21.8 Å². The number of thiazole rings is 1. The van der Waals surface area contributed by atoms with Gasteiger partial charge in [-0.2, -0.15) is 0 Å². The first-order chi connectivity index (χ1) is 15.0. The van der Waals surface area contributed by atoms with Crippen LogP contribution >= 0.6 is 11.3 Å². The molecule has 0 bridgehead atoms. The molecule has 0 fully saturated rings. The van der Waals surface area contributed by atoms with Crippen molar-refractivity contribution in [1.82, 2.24) is 4.98 Å². The highest BCUT2D eigenvalue weighted by Crippen LogP contribution is 2.31. The van der Waals surface area contributed by atoms with E-state index >= 15 is 0 Å². The number of hydrogen-bond acceptors (Lipinski definition) is 6. The Kier molecular flexibility index (Phi) is 6.20. The lowest BCUT2D eigenvalue weighted by atomic mass is 10.2. The first-order valence-electron chi connectivity index (χ1n) is 9.96. The van der Waals surface area contributed by atoms with Crippen molar-refractivity contribution in [2.75, 3.05) is 10.7 Å². The lowest BCUT2D eigenvalue weighted by Crippen LogP contribution is -2.31. The average Bonchev–Trinajstić information content (AvgIpc) is 3.45. The number of furan rings is 1. The molecule has 4 aromatic rings. The predicted molar refractivity (Wildman–Crippen MR) is 122 cm³/mol. The lowest BCUT2D eigenvalue weighted by Gasteiger charge is -2.18. The molecule has 0 N–H and O–H groups in total. The zero-order valence-corrected chi connectivity index (χ0v) is 18.7. The van der Waals surface area contributed by atoms with E-state index in [0.717, 1.165) is 16.6 Å². The summed E-state index contributed by atoms with van der Waals surface area (Å²) in [5, 5.41) is 0.529. The molecule has 6 nitrogen and oxygen atoms in total. The van der Waals surface area contributed by atoms with Gasteiger partial charge in [0.25, 0.3) is 0 Å². The van der Waals surface area contributed by atoms with Gasteiger partial charge in [-0.05, 0) is 48.4 Å². The second-order valence-electron chi connectivity index (χ2n) is 7.09. The van der Waals surface area contributed by atoms with Crippen molar-refractivity contribution in [3.05, 3.63) is 78.3 Å². The molecular formula is C23H22N2O4S2. The fourth-order valence-electron chi connectivity index (χ4n) is 3.22. The third-order valence-corrected chi connectivity index (χ3v) is 7.74. The first-order valence-corrected chi connectivity index (χ1v) is 12.4. The van der Waals surface area contributed by atoms with E-state index in [-0.39, 0.29) is 29.5 Å². The van der Waals surface area contributed by atoms with E-state index in [1.807, 2.05) is 12.1 Å². The standard InChI is InChI=1S/C23H22N2O4S2/c1-2-17-10-11-20-21(15-17)30-23(24-20)25(16-18-7-6-13-29-18)22(26)12-14-31(27,28)19-8-4-3-5-9-19/h3-11,13,15H,2,12,14,16H2,1H3. The number of rotatable bonds is 8. The molecule has 2 heterocycles. The van der Waals surface area contributed by atoms with E-state index in [2.05, 4.69) is 18.0 Å². The van der Waals surface area contributed by atoms with E-state index in [1.54, 1.807) is 48.7 Å². The van der Waals surface area contributed by atoms with E-state index in [4.69, 9.17) is 4.42 Å². The molecule has 0 spiro atoms. The second kappa shape index (κ2) is 9.03. The Morgan fingerprint density at radius 2 is 1.90 bits per heavy atom. The van der Waals surface area contributed by atoms with Crippen molar-refractivity contribution >= 4 is 42.4 Å². The summed E-state index contributed by atoms with van der Waals surface area (Å²) in [5.74, 6) is 0.0218. The van der Waals surface area contributed by atoms with Crippen molar-refractivity contribution < 1.29 is 17.6 Å². The monoisotopic (exact) mass is 454 g/mol. The van der Waals surface area contributed by atoms with Gasteiger partial charge in [0.2, 0.25) is 5.91 Å². The fraction of sp³-hybridized carbons (Fsp3) is 0.217. The van der Waals surface area contributed by atoms with Crippen LogP contribution < -0.4 is 4.90 Å². The number of nitrogens with zero attached hydrogens (tertiary/aromatic N) is 2. The smallest absolute Gasteiger partial charge is 0.230 e. The van der Waals surface area contributed by atoms with Crippen LogP contribution in [0, 0.1) is 0 Å². The molecule has 0 unspecified atom stereocenters. The first kappa shape index (κ1) is 21.3. The van der Waals surface area contributed by atoms with Gasteiger partial charge in [-0.15, -0.1) is 0 Å². The minimum Gasteiger partial charge on any atom is -0.467 e. The normalized spacial score (nSPS) is 11.6. The van der Waals surface area contributed by atoms with E-state index in [0.29, 0.717) is 10.9 Å². The zero-order chi connectivity index (χ0) is 21.8. The topological polar surface area (TPSA) is 80.5 Å². The Morgan fingerprint density at radius 1 is 1.10 bits per heavy atom. The molecule has 31 heavy (non-hydrogen) atoms. The molecule has 160 valence electrons. The third-order valence-electron chi connectivity index (χ3n) is 4.96. The number of sulfone groups is 1. The minimum absolute atomic E-state index is 0.145. The number of anilines is 1. The molecule has 0 atom stereocenters. The summed E-state index contributed by atoms with van der Waals surface area (Å²) in [7, 11) is -3.55. The number of carbonyl (C=O) groups excluding carboxylic acids is 1. The average molecular weight is 455 g/mol. The Labute approximate surface area is 185 Å². The van der Waals surface area contributed by atoms with Crippen molar-refractivity contribution in [2.45, 2.75) is 31.2 Å². The van der Waals surface area contributed by atoms with Crippen molar-refractivity contribution in [3.8, 4) is 0 Å². The van der Waals surface area contributed by atoms with Crippen LogP contribution in [-0.4, -0.2) is 25.1 Å². The summed E-state index contributed by atoms with van der Waals surface area (Å²) < 4.78 is 31.7. The zero-order valence-electron chi connectivity index (χ0n) is 17.0. The molecule has 0 saturated heterocycles. The quantitative estimate of drug-likeness (QED) is 0.380. The Hall–Kier alpha value is -2.97. The van der Waals surface area contributed by atoms with Crippen LogP contribution in [0.2, 0.25) is 0 Å². The largest absolute Gasteiger partial charge is 0.467 e. The van der Waals surface area contributed by atoms with Gasteiger partial charge < -0.3 is 4.42 Å². The van der Waals surface area contributed by atoms with Gasteiger partial charge in [0.15, 0.2) is 15.0 Å². The Morgan fingerprint density at radius 3 is 2.61 bits per heavy atom. The highest BCUT2D eigenvalue weighted by molar-refractivity contribution is 7.91. The molecule has 0 aliphatic carbocycles. The maximum absolute atomic E-state index is 13.1. The van der Waals surface area contributed by atoms with Crippen molar-refractivity contribution in [3.63, 3.8) is 0 Å². The van der Waals surface area contributed by atoms with Gasteiger partial charge in [0, 0.05) is 6.42 Å². The number of amides is 1. The van der Waals surface area contributed by atoms with E-state index in [9.17, 15) is 13.2 Å². The highest BCUT2D eigenvalue weighted by Gasteiger charge is 2.24. The molecule has 1 amide bonds. The molecular weight excluding hydrogens is 432 g/mol. The number of fused-ring (bicyclic) bond motifs is 1. The van der Waals surface area contributed by atoms with Gasteiger partial charge in [0.1, 0.15) is 5.76 Å². The Balaban J connectivity index is 1.59. The Bertz CT molecular complexity index is 1280. The molecule has 2 aromatic carbocycles. The van der Waals surface area contributed by atoms with Crippen LogP contribution in [0.15, 0.2) is 76.2 Å². The number of aromatic nitrogens is 1.